The first-order valence-electron chi connectivity index (χ1n) is 12.8. The summed E-state index contributed by atoms with van der Waals surface area (Å²) < 4.78 is 47.1. The summed E-state index contributed by atoms with van der Waals surface area (Å²) in [5.41, 5.74) is -0.134. The summed E-state index contributed by atoms with van der Waals surface area (Å²) in [7, 11) is -4.11. The van der Waals surface area contributed by atoms with Gasteiger partial charge in [-0.1, -0.05) is 32.0 Å². The Morgan fingerprint density at radius 2 is 1.76 bits per heavy atom. The standard InChI is InChI=1S/C28H36FN3O5S/c1-19-16-30(12-13-31(19)26(34)37-27(2,3)4)17-25(33)32-18-28(5,6)21-14-22(29)24(15-23(21)32)38(35,36)20-10-8-7-9-11-20/h7-11,14-15,19H,12-13,16-18H2,1-6H3/t19-/m1/s1. The number of piperazine rings is 1. The Hall–Kier alpha value is -2.98. The lowest BCUT2D eigenvalue weighted by atomic mass is 9.87. The van der Waals surface area contributed by atoms with Crippen molar-refractivity contribution in [2.75, 3.05) is 37.6 Å². The lowest BCUT2D eigenvalue weighted by molar-refractivity contribution is -0.120. The van der Waals surface area contributed by atoms with Gasteiger partial charge >= 0.3 is 6.09 Å². The van der Waals surface area contributed by atoms with Crippen LogP contribution in [0.5, 0.6) is 0 Å². The predicted octanol–water partition coefficient (Wildman–Crippen LogP) is 4.22. The molecule has 2 aromatic rings. The van der Waals surface area contributed by atoms with Crippen molar-refractivity contribution in [3.63, 3.8) is 0 Å². The first kappa shape index (κ1) is 28.0. The van der Waals surface area contributed by atoms with Crippen LogP contribution in [0.25, 0.3) is 0 Å². The third kappa shape index (κ3) is 5.56. The van der Waals surface area contributed by atoms with Crippen LogP contribution in [0.1, 0.15) is 47.1 Å². The normalized spacial score (nSPS) is 19.8. The van der Waals surface area contributed by atoms with Crippen molar-refractivity contribution in [3.8, 4) is 0 Å². The summed E-state index contributed by atoms with van der Waals surface area (Å²) in [5, 5.41) is 0. The number of ether oxygens (including phenoxy) is 1. The molecule has 0 N–H and O–H groups in total. The summed E-state index contributed by atoms with van der Waals surface area (Å²) in [4.78, 5) is 30.8. The second-order valence-corrected chi connectivity index (χ2v) is 13.7. The second-order valence-electron chi connectivity index (χ2n) is 11.7. The molecule has 2 heterocycles. The van der Waals surface area contributed by atoms with Crippen LogP contribution in [-0.2, 0) is 24.8 Å². The van der Waals surface area contributed by atoms with Crippen LogP contribution in [0.2, 0.25) is 0 Å². The molecule has 0 aromatic heterocycles. The SMILES string of the molecule is C[C@@H]1CN(CC(=O)N2CC(C)(C)c3cc(F)c(S(=O)(=O)c4ccccc4)cc32)CCN1C(=O)OC(C)(C)C. The number of fused-ring (bicyclic) bond motifs is 1. The highest BCUT2D eigenvalue weighted by Gasteiger charge is 2.41. The van der Waals surface area contributed by atoms with E-state index in [1.54, 1.807) is 28.0 Å². The van der Waals surface area contributed by atoms with Crippen molar-refractivity contribution >= 4 is 27.5 Å². The largest absolute Gasteiger partial charge is 0.444 e. The monoisotopic (exact) mass is 545 g/mol. The fourth-order valence-corrected chi connectivity index (χ4v) is 6.43. The highest BCUT2D eigenvalue weighted by Crippen LogP contribution is 2.43. The molecule has 8 nitrogen and oxygen atoms in total. The van der Waals surface area contributed by atoms with Crippen molar-refractivity contribution in [1.82, 2.24) is 9.80 Å². The molecule has 2 aliphatic heterocycles. The topological polar surface area (TPSA) is 87.2 Å². The molecule has 0 aliphatic carbocycles. The van der Waals surface area contributed by atoms with Crippen molar-refractivity contribution in [1.29, 1.82) is 0 Å². The van der Waals surface area contributed by atoms with Gasteiger partial charge in [-0.2, -0.15) is 0 Å². The van der Waals surface area contributed by atoms with Crippen molar-refractivity contribution < 1.29 is 27.1 Å². The molecule has 2 aromatic carbocycles. The van der Waals surface area contributed by atoms with E-state index in [4.69, 9.17) is 4.74 Å². The minimum absolute atomic E-state index is 0.00849. The minimum Gasteiger partial charge on any atom is -0.444 e. The van der Waals surface area contributed by atoms with Gasteiger partial charge in [-0.25, -0.2) is 17.6 Å². The maximum absolute atomic E-state index is 15.2. The van der Waals surface area contributed by atoms with Gasteiger partial charge in [-0.05, 0) is 57.5 Å². The number of hydrogen-bond donors (Lipinski definition) is 0. The second kappa shape index (κ2) is 9.96. The predicted molar refractivity (Wildman–Crippen MR) is 143 cm³/mol. The average molecular weight is 546 g/mol. The molecule has 1 fully saturated rings. The van der Waals surface area contributed by atoms with Gasteiger partial charge in [0.2, 0.25) is 15.7 Å². The lowest BCUT2D eigenvalue weighted by Gasteiger charge is -2.40. The van der Waals surface area contributed by atoms with Gasteiger partial charge < -0.3 is 14.5 Å². The Kier molecular flexibility index (Phi) is 7.35. The van der Waals surface area contributed by atoms with Gasteiger partial charge in [0.15, 0.2) is 0 Å². The number of benzene rings is 2. The zero-order valence-electron chi connectivity index (χ0n) is 22.8. The van der Waals surface area contributed by atoms with E-state index in [1.165, 1.54) is 24.3 Å². The van der Waals surface area contributed by atoms with E-state index >= 15 is 4.39 Å². The van der Waals surface area contributed by atoms with Crippen LogP contribution in [0, 0.1) is 5.82 Å². The molecule has 0 bridgehead atoms. The summed E-state index contributed by atoms with van der Waals surface area (Å²) in [5.74, 6) is -1.04. The van der Waals surface area contributed by atoms with Gasteiger partial charge in [0.1, 0.15) is 16.3 Å². The van der Waals surface area contributed by atoms with Crippen molar-refractivity contribution in [2.45, 2.75) is 68.4 Å². The maximum Gasteiger partial charge on any atom is 0.410 e. The molecular formula is C28H36FN3O5S. The number of amides is 2. The molecule has 1 saturated heterocycles. The molecule has 0 spiro atoms. The molecule has 206 valence electrons. The van der Waals surface area contributed by atoms with E-state index in [9.17, 15) is 18.0 Å². The molecule has 2 amide bonds. The molecule has 0 radical (unpaired) electrons. The number of carbonyl (C=O) groups excluding carboxylic acids is 2. The first-order valence-corrected chi connectivity index (χ1v) is 14.2. The molecular weight excluding hydrogens is 509 g/mol. The number of anilines is 1. The maximum atomic E-state index is 15.2. The molecule has 0 saturated carbocycles. The van der Waals surface area contributed by atoms with E-state index in [2.05, 4.69) is 0 Å². The highest BCUT2D eigenvalue weighted by molar-refractivity contribution is 7.91. The Morgan fingerprint density at radius 3 is 2.37 bits per heavy atom. The summed E-state index contributed by atoms with van der Waals surface area (Å²) in [6, 6.07) is 10.1. The lowest BCUT2D eigenvalue weighted by Crippen LogP contribution is -2.56. The molecule has 1 atom stereocenters. The fraction of sp³-hybridized carbons (Fsp3) is 0.500. The van der Waals surface area contributed by atoms with Crippen molar-refractivity contribution in [3.05, 3.63) is 53.8 Å². The van der Waals surface area contributed by atoms with Crippen LogP contribution in [0.4, 0.5) is 14.9 Å². The number of rotatable bonds is 4. The molecule has 0 unspecified atom stereocenters. The first-order chi connectivity index (χ1) is 17.6. The number of carbonyl (C=O) groups is 2. The zero-order chi connectivity index (χ0) is 28.0. The zero-order valence-corrected chi connectivity index (χ0v) is 23.6. The summed E-state index contributed by atoms with van der Waals surface area (Å²) >= 11 is 0. The van der Waals surface area contributed by atoms with E-state index in [-0.39, 0.29) is 29.5 Å². The van der Waals surface area contributed by atoms with Gasteiger partial charge in [0, 0.05) is 43.3 Å². The van der Waals surface area contributed by atoms with Gasteiger partial charge in [0.25, 0.3) is 0 Å². The Labute approximate surface area is 224 Å². The Bertz CT molecular complexity index is 1340. The van der Waals surface area contributed by atoms with E-state index in [1.807, 2.05) is 46.4 Å². The number of hydrogen-bond acceptors (Lipinski definition) is 6. The summed E-state index contributed by atoms with van der Waals surface area (Å²) in [6.45, 7) is 13.0. The Morgan fingerprint density at radius 1 is 1.11 bits per heavy atom. The minimum atomic E-state index is -4.11. The van der Waals surface area contributed by atoms with Crippen LogP contribution in [0.15, 0.2) is 52.3 Å². The van der Waals surface area contributed by atoms with E-state index in [0.717, 1.165) is 0 Å². The van der Waals surface area contributed by atoms with Crippen molar-refractivity contribution in [2.24, 2.45) is 0 Å². The quantitative estimate of drug-likeness (QED) is 0.572. The van der Waals surface area contributed by atoms with Gasteiger partial charge in [-0.15, -0.1) is 0 Å². The smallest absolute Gasteiger partial charge is 0.410 e. The number of nitrogens with zero attached hydrogens (tertiary/aromatic N) is 3. The fourth-order valence-electron chi connectivity index (χ4n) is 5.07. The molecule has 4 rings (SSSR count). The van der Waals surface area contributed by atoms with Crippen LogP contribution in [0.3, 0.4) is 0 Å². The number of sulfone groups is 1. The van der Waals surface area contributed by atoms with Gasteiger partial charge in [-0.3, -0.25) is 9.69 Å². The van der Waals surface area contributed by atoms with Crippen LogP contribution < -0.4 is 4.90 Å². The third-order valence-corrected chi connectivity index (χ3v) is 8.75. The number of halogens is 1. The summed E-state index contributed by atoms with van der Waals surface area (Å²) in [6.07, 6.45) is -0.375. The third-order valence-electron chi connectivity index (χ3n) is 6.97. The van der Waals surface area contributed by atoms with Crippen LogP contribution >= 0.6 is 0 Å². The molecule has 38 heavy (non-hydrogen) atoms. The molecule has 10 heteroatoms. The van der Waals surface area contributed by atoms with E-state index < -0.39 is 31.6 Å². The highest BCUT2D eigenvalue weighted by atomic mass is 32.2. The van der Waals surface area contributed by atoms with E-state index in [0.29, 0.717) is 37.4 Å². The van der Waals surface area contributed by atoms with Crippen LogP contribution in [-0.4, -0.2) is 74.6 Å². The van der Waals surface area contributed by atoms with Gasteiger partial charge in [0.05, 0.1) is 11.4 Å². The molecule has 2 aliphatic rings. The Balaban J connectivity index is 1.55. The average Bonchev–Trinajstić information content (AvgIpc) is 3.08.